The van der Waals surface area contributed by atoms with E-state index in [0.717, 1.165) is 5.56 Å². The van der Waals surface area contributed by atoms with Gasteiger partial charge in [-0.25, -0.2) is 0 Å². The molecule has 1 aliphatic rings. The van der Waals surface area contributed by atoms with Crippen LogP contribution in [0.2, 0.25) is 0 Å². The number of carbonyl (C=O) groups excluding carboxylic acids is 1. The number of benzene rings is 1. The van der Waals surface area contributed by atoms with Gasteiger partial charge in [0.1, 0.15) is 11.4 Å². The molecule has 1 heterocycles. The number of methoxy groups -OCH3 is 1. The van der Waals surface area contributed by atoms with E-state index in [2.05, 4.69) is 4.99 Å². The zero-order valence-electron chi connectivity index (χ0n) is 9.68. The van der Waals surface area contributed by atoms with E-state index in [9.17, 15) is 4.79 Å². The number of hydrogen-bond donors (Lipinski definition) is 1. The van der Waals surface area contributed by atoms with E-state index in [4.69, 9.17) is 10.5 Å². The summed E-state index contributed by atoms with van der Waals surface area (Å²) in [4.78, 5) is 16.8. The van der Waals surface area contributed by atoms with E-state index in [0.29, 0.717) is 11.4 Å². The summed E-state index contributed by atoms with van der Waals surface area (Å²) >= 11 is 0. The lowest BCUT2D eigenvalue weighted by molar-refractivity contribution is -0.114. The number of carbonyl (C=O) groups is 1. The summed E-state index contributed by atoms with van der Waals surface area (Å²) < 4.78 is 5.21. The highest BCUT2D eigenvalue weighted by molar-refractivity contribution is 6.12. The Hall–Kier alpha value is -2.30. The molecular weight excluding hydrogens is 218 g/mol. The molecule has 5 nitrogen and oxygen atoms in total. The minimum absolute atomic E-state index is 0.205. The van der Waals surface area contributed by atoms with Crippen molar-refractivity contribution in [2.45, 2.75) is 0 Å². The lowest BCUT2D eigenvalue weighted by Gasteiger charge is -2.12. The van der Waals surface area contributed by atoms with Gasteiger partial charge in [-0.1, -0.05) is 18.2 Å². The highest BCUT2D eigenvalue weighted by Gasteiger charge is 2.24. The summed E-state index contributed by atoms with van der Waals surface area (Å²) in [5.74, 6) is 0.568. The quantitative estimate of drug-likeness (QED) is 0.765. The van der Waals surface area contributed by atoms with Gasteiger partial charge in [0.05, 0.1) is 7.11 Å². The van der Waals surface area contributed by atoms with E-state index < -0.39 is 0 Å². The van der Waals surface area contributed by atoms with E-state index in [1.807, 2.05) is 24.3 Å². The van der Waals surface area contributed by atoms with Crippen LogP contribution in [-0.4, -0.2) is 30.9 Å². The van der Waals surface area contributed by atoms with Crippen LogP contribution in [-0.2, 0) is 4.79 Å². The van der Waals surface area contributed by atoms with Crippen LogP contribution in [0.15, 0.2) is 35.0 Å². The number of ether oxygens (including phenoxy) is 1. The van der Waals surface area contributed by atoms with E-state index >= 15 is 0 Å². The van der Waals surface area contributed by atoms with E-state index in [1.165, 1.54) is 0 Å². The van der Waals surface area contributed by atoms with Gasteiger partial charge < -0.3 is 15.4 Å². The van der Waals surface area contributed by atoms with E-state index in [1.54, 1.807) is 25.1 Å². The van der Waals surface area contributed by atoms with Crippen molar-refractivity contribution in [3.63, 3.8) is 0 Å². The molecule has 0 atom stereocenters. The predicted molar refractivity (Wildman–Crippen MR) is 65.4 cm³/mol. The molecule has 1 aromatic rings. The molecule has 0 saturated carbocycles. The number of aliphatic imine (C=N–C) groups is 1. The molecule has 0 unspecified atom stereocenters. The Balaban J connectivity index is 2.41. The van der Waals surface area contributed by atoms with Gasteiger partial charge in [0.2, 0.25) is 5.96 Å². The number of para-hydroxylation sites is 1. The molecule has 1 amide bonds. The molecule has 0 fully saturated rings. The Morgan fingerprint density at radius 3 is 2.71 bits per heavy atom. The minimum Gasteiger partial charge on any atom is -0.496 e. The molecular formula is C12H13N3O2. The summed E-state index contributed by atoms with van der Waals surface area (Å²) in [6.45, 7) is 0. The van der Waals surface area contributed by atoms with Crippen LogP contribution in [0, 0.1) is 0 Å². The van der Waals surface area contributed by atoms with Gasteiger partial charge >= 0.3 is 0 Å². The average Bonchev–Trinajstić information content (AvgIpc) is 2.57. The van der Waals surface area contributed by atoms with Crippen molar-refractivity contribution in [1.82, 2.24) is 4.90 Å². The number of nitrogens with two attached hydrogens (primary N) is 1. The topological polar surface area (TPSA) is 67.9 Å². The number of amides is 1. The lowest BCUT2D eigenvalue weighted by atomic mass is 10.1. The Morgan fingerprint density at radius 2 is 2.12 bits per heavy atom. The van der Waals surface area contributed by atoms with Crippen LogP contribution in [0.4, 0.5) is 0 Å². The van der Waals surface area contributed by atoms with Crippen molar-refractivity contribution in [2.75, 3.05) is 14.2 Å². The fourth-order valence-electron chi connectivity index (χ4n) is 1.59. The Labute approximate surface area is 99.2 Å². The predicted octanol–water partition coefficient (Wildman–Crippen LogP) is 0.823. The molecule has 1 aliphatic heterocycles. The van der Waals surface area contributed by atoms with Gasteiger partial charge in [-0.3, -0.25) is 4.79 Å². The summed E-state index contributed by atoms with van der Waals surface area (Å²) in [6, 6.07) is 7.43. The number of hydrogen-bond acceptors (Lipinski definition) is 4. The molecule has 0 saturated heterocycles. The SMILES string of the molecule is COc1ccccc1C=C1C(=O)N=C(N)N1C. The third kappa shape index (κ3) is 1.99. The summed E-state index contributed by atoms with van der Waals surface area (Å²) in [6.07, 6.45) is 1.71. The van der Waals surface area contributed by atoms with Gasteiger partial charge in [0, 0.05) is 12.6 Å². The maximum Gasteiger partial charge on any atom is 0.296 e. The standard InChI is InChI=1S/C12H13N3O2/c1-15-9(11(16)14-12(15)13)7-8-5-3-4-6-10(8)17-2/h3-7H,1-2H3,(H2,13,14,16). The third-order valence-electron chi connectivity index (χ3n) is 2.57. The number of rotatable bonds is 2. The van der Waals surface area contributed by atoms with Crippen LogP contribution in [0.1, 0.15) is 5.56 Å². The third-order valence-corrected chi connectivity index (χ3v) is 2.57. The normalized spacial score (nSPS) is 17.5. The first kappa shape index (κ1) is 11.2. The Kier molecular flexibility index (Phi) is 2.82. The van der Waals surface area contributed by atoms with E-state index in [-0.39, 0.29) is 11.9 Å². The lowest BCUT2D eigenvalue weighted by Crippen LogP contribution is -2.28. The van der Waals surface area contributed by atoms with Crippen LogP contribution in [0.3, 0.4) is 0 Å². The molecule has 2 rings (SSSR count). The van der Waals surface area contributed by atoms with Crippen molar-refractivity contribution in [2.24, 2.45) is 10.7 Å². The molecule has 2 N–H and O–H groups in total. The van der Waals surface area contributed by atoms with Crippen LogP contribution in [0.25, 0.3) is 6.08 Å². The molecule has 0 aromatic heterocycles. The maximum atomic E-state index is 11.6. The summed E-state index contributed by atoms with van der Waals surface area (Å²) in [7, 11) is 3.29. The molecule has 0 bridgehead atoms. The molecule has 5 heteroatoms. The van der Waals surface area contributed by atoms with Gasteiger partial charge in [-0.15, -0.1) is 0 Å². The zero-order valence-corrected chi connectivity index (χ0v) is 9.68. The van der Waals surface area contributed by atoms with Crippen LogP contribution >= 0.6 is 0 Å². The van der Waals surface area contributed by atoms with Crippen molar-refractivity contribution in [1.29, 1.82) is 0 Å². The maximum absolute atomic E-state index is 11.6. The second kappa shape index (κ2) is 4.29. The van der Waals surface area contributed by atoms with Gasteiger partial charge in [0.25, 0.3) is 5.91 Å². The zero-order chi connectivity index (χ0) is 12.4. The minimum atomic E-state index is -0.337. The van der Waals surface area contributed by atoms with Crippen molar-refractivity contribution in [3.8, 4) is 5.75 Å². The smallest absolute Gasteiger partial charge is 0.296 e. The average molecular weight is 231 g/mol. The molecule has 0 aliphatic carbocycles. The monoisotopic (exact) mass is 231 g/mol. The molecule has 0 radical (unpaired) electrons. The number of nitrogens with zero attached hydrogens (tertiary/aromatic N) is 2. The fourth-order valence-corrected chi connectivity index (χ4v) is 1.59. The van der Waals surface area contributed by atoms with Crippen LogP contribution in [0.5, 0.6) is 5.75 Å². The molecule has 1 aromatic carbocycles. The summed E-state index contributed by atoms with van der Waals surface area (Å²) in [5.41, 5.74) is 6.82. The largest absolute Gasteiger partial charge is 0.496 e. The van der Waals surface area contributed by atoms with Crippen molar-refractivity contribution < 1.29 is 9.53 Å². The van der Waals surface area contributed by atoms with Crippen LogP contribution < -0.4 is 10.5 Å². The van der Waals surface area contributed by atoms with Gasteiger partial charge in [0.15, 0.2) is 0 Å². The molecule has 0 spiro atoms. The highest BCUT2D eigenvalue weighted by atomic mass is 16.5. The second-order valence-corrected chi connectivity index (χ2v) is 3.61. The first-order chi connectivity index (χ1) is 8.13. The first-order valence-corrected chi connectivity index (χ1v) is 5.10. The highest BCUT2D eigenvalue weighted by Crippen LogP contribution is 2.23. The number of guanidine groups is 1. The molecule has 88 valence electrons. The molecule has 17 heavy (non-hydrogen) atoms. The van der Waals surface area contributed by atoms with Gasteiger partial charge in [-0.2, -0.15) is 4.99 Å². The first-order valence-electron chi connectivity index (χ1n) is 5.10. The van der Waals surface area contributed by atoms with Gasteiger partial charge in [-0.05, 0) is 12.1 Å². The van der Waals surface area contributed by atoms with Crippen molar-refractivity contribution in [3.05, 3.63) is 35.5 Å². The Morgan fingerprint density at radius 1 is 1.41 bits per heavy atom. The van der Waals surface area contributed by atoms with Crippen molar-refractivity contribution >= 4 is 17.9 Å². The Bertz CT molecular complexity index is 520. The number of likely N-dealkylation sites (N-methyl/N-ethyl adjacent to an activating group) is 1. The summed E-state index contributed by atoms with van der Waals surface area (Å²) in [5, 5.41) is 0. The fraction of sp³-hybridized carbons (Fsp3) is 0.167. The second-order valence-electron chi connectivity index (χ2n) is 3.61.